The van der Waals surface area contributed by atoms with Gasteiger partial charge in [0.05, 0.1) is 34.2 Å². The van der Waals surface area contributed by atoms with Crippen LogP contribution in [0.4, 0.5) is 0 Å². The molecular formula is C17H21Cl2N5O2. The molecule has 1 aromatic heterocycles. The number of hydrogen-bond donors (Lipinski definition) is 1. The number of carboxylic acid groups (broad SMARTS) is 1. The summed E-state index contributed by atoms with van der Waals surface area (Å²) in [5.74, 6) is -0.783. The minimum absolute atomic E-state index is 0.0860. The predicted octanol–water partition coefficient (Wildman–Crippen LogP) is 2.55. The molecule has 0 aliphatic carbocycles. The first-order valence-corrected chi connectivity index (χ1v) is 9.19. The first-order valence-electron chi connectivity index (χ1n) is 8.43. The van der Waals surface area contributed by atoms with Gasteiger partial charge in [-0.3, -0.25) is 14.6 Å². The first kappa shape index (κ1) is 19.1. The predicted molar refractivity (Wildman–Crippen MR) is 99.9 cm³/mol. The lowest BCUT2D eigenvalue weighted by atomic mass is 10.0. The summed E-state index contributed by atoms with van der Waals surface area (Å²) < 4.78 is 1.69. The number of carbonyl (C=O) groups is 1. The summed E-state index contributed by atoms with van der Waals surface area (Å²) in [7, 11) is 1.87. The van der Waals surface area contributed by atoms with E-state index in [0.717, 1.165) is 43.9 Å². The van der Waals surface area contributed by atoms with Crippen LogP contribution in [0.2, 0.25) is 10.0 Å². The van der Waals surface area contributed by atoms with Gasteiger partial charge in [-0.05, 0) is 38.1 Å². The van der Waals surface area contributed by atoms with E-state index in [1.54, 1.807) is 16.8 Å². The summed E-state index contributed by atoms with van der Waals surface area (Å²) in [6, 6.07) is 5.65. The summed E-state index contributed by atoms with van der Waals surface area (Å²) in [5, 5.41) is 18.3. The maximum atomic E-state index is 10.8. The highest BCUT2D eigenvalue weighted by Crippen LogP contribution is 2.24. The highest BCUT2D eigenvalue weighted by Gasteiger charge is 2.24. The van der Waals surface area contributed by atoms with Crippen LogP contribution in [-0.2, 0) is 11.3 Å². The number of aromatic nitrogens is 3. The van der Waals surface area contributed by atoms with Crippen molar-refractivity contribution in [3.8, 4) is 5.69 Å². The van der Waals surface area contributed by atoms with E-state index in [-0.39, 0.29) is 6.54 Å². The van der Waals surface area contributed by atoms with Crippen molar-refractivity contribution in [3.05, 3.63) is 40.1 Å². The Balaban J connectivity index is 1.55. The van der Waals surface area contributed by atoms with Crippen molar-refractivity contribution in [3.63, 3.8) is 0 Å². The lowest BCUT2D eigenvalue weighted by molar-refractivity contribution is -0.138. The summed E-state index contributed by atoms with van der Waals surface area (Å²) in [5.41, 5.74) is 1.69. The highest BCUT2D eigenvalue weighted by atomic mass is 35.5. The van der Waals surface area contributed by atoms with Crippen LogP contribution in [0.5, 0.6) is 0 Å². The van der Waals surface area contributed by atoms with Crippen LogP contribution in [0.15, 0.2) is 24.4 Å². The second-order valence-corrected chi connectivity index (χ2v) is 7.38. The molecule has 1 aliphatic rings. The van der Waals surface area contributed by atoms with E-state index in [1.165, 1.54) is 0 Å². The van der Waals surface area contributed by atoms with Crippen LogP contribution in [0.3, 0.4) is 0 Å². The summed E-state index contributed by atoms with van der Waals surface area (Å²) in [4.78, 5) is 15.1. The minimum atomic E-state index is -0.783. The number of piperidine rings is 1. The molecule has 2 heterocycles. The number of halogens is 2. The van der Waals surface area contributed by atoms with Gasteiger partial charge in [0.2, 0.25) is 0 Å². The van der Waals surface area contributed by atoms with E-state index in [1.807, 2.05) is 24.2 Å². The molecule has 0 bridgehead atoms. The topological polar surface area (TPSA) is 74.5 Å². The number of rotatable bonds is 6. The van der Waals surface area contributed by atoms with Crippen molar-refractivity contribution in [1.82, 2.24) is 24.8 Å². The molecule has 26 heavy (non-hydrogen) atoms. The van der Waals surface area contributed by atoms with Crippen LogP contribution in [0, 0.1) is 0 Å². The Morgan fingerprint density at radius 3 is 2.69 bits per heavy atom. The van der Waals surface area contributed by atoms with Crippen LogP contribution in [0.1, 0.15) is 18.5 Å². The molecule has 1 aliphatic heterocycles. The Labute approximate surface area is 162 Å². The number of aliphatic carboxylic acids is 1. The molecule has 1 aromatic carbocycles. The zero-order valence-electron chi connectivity index (χ0n) is 14.5. The molecule has 0 spiro atoms. The standard InChI is InChI=1S/C17H21Cl2N5O2/c1-22(11-17(25)26)13-4-6-23(7-5-13)9-12-10-24(21-20-12)14-2-3-15(18)16(19)8-14/h2-3,8,10,13H,4-7,9,11H2,1H3,(H,25,26). The molecule has 1 fully saturated rings. The third-order valence-electron chi connectivity index (χ3n) is 4.66. The Morgan fingerprint density at radius 2 is 2.04 bits per heavy atom. The molecule has 3 rings (SSSR count). The molecule has 9 heteroatoms. The smallest absolute Gasteiger partial charge is 0.317 e. The van der Waals surface area contributed by atoms with Crippen molar-refractivity contribution < 1.29 is 9.90 Å². The number of benzene rings is 1. The highest BCUT2D eigenvalue weighted by molar-refractivity contribution is 6.42. The second-order valence-electron chi connectivity index (χ2n) is 6.57. The van der Waals surface area contributed by atoms with Gasteiger partial charge in [-0.2, -0.15) is 0 Å². The molecule has 0 saturated carbocycles. The van der Waals surface area contributed by atoms with Crippen LogP contribution in [-0.4, -0.2) is 68.6 Å². The largest absolute Gasteiger partial charge is 0.480 e. The van der Waals surface area contributed by atoms with Crippen LogP contribution in [0.25, 0.3) is 5.69 Å². The lowest BCUT2D eigenvalue weighted by Gasteiger charge is -2.35. The van der Waals surface area contributed by atoms with Crippen LogP contribution >= 0.6 is 23.2 Å². The van der Waals surface area contributed by atoms with Gasteiger partial charge in [0.15, 0.2) is 0 Å². The fraction of sp³-hybridized carbons (Fsp3) is 0.471. The lowest BCUT2D eigenvalue weighted by Crippen LogP contribution is -2.44. The number of nitrogens with zero attached hydrogens (tertiary/aromatic N) is 5. The van der Waals surface area contributed by atoms with E-state index in [4.69, 9.17) is 28.3 Å². The molecule has 1 N–H and O–H groups in total. The van der Waals surface area contributed by atoms with Crippen molar-refractivity contribution in [2.24, 2.45) is 0 Å². The number of hydrogen-bond acceptors (Lipinski definition) is 5. The van der Waals surface area contributed by atoms with Crippen molar-refractivity contribution in [2.45, 2.75) is 25.4 Å². The van der Waals surface area contributed by atoms with Crippen molar-refractivity contribution >= 4 is 29.2 Å². The molecule has 140 valence electrons. The maximum Gasteiger partial charge on any atom is 0.317 e. The van der Waals surface area contributed by atoms with Gasteiger partial charge < -0.3 is 5.11 Å². The molecule has 2 aromatic rings. The summed E-state index contributed by atoms with van der Waals surface area (Å²) in [6.45, 7) is 2.63. The van der Waals surface area contributed by atoms with Crippen LogP contribution < -0.4 is 0 Å². The first-order chi connectivity index (χ1) is 12.4. The van der Waals surface area contributed by atoms with Gasteiger partial charge in [-0.1, -0.05) is 28.4 Å². The second kappa shape index (κ2) is 8.35. The molecular weight excluding hydrogens is 377 g/mol. The fourth-order valence-corrected chi connectivity index (χ4v) is 3.51. The molecule has 0 unspecified atom stereocenters. The zero-order valence-corrected chi connectivity index (χ0v) is 16.0. The summed E-state index contributed by atoms with van der Waals surface area (Å²) >= 11 is 12.0. The van der Waals surface area contributed by atoms with Gasteiger partial charge in [0.25, 0.3) is 0 Å². The SMILES string of the molecule is CN(CC(=O)O)C1CCN(Cc2cn(-c3ccc(Cl)c(Cl)c3)nn2)CC1. The van der Waals surface area contributed by atoms with E-state index < -0.39 is 5.97 Å². The molecule has 1 saturated heterocycles. The van der Waals surface area contributed by atoms with Gasteiger partial charge in [0, 0.05) is 25.7 Å². The van der Waals surface area contributed by atoms with Gasteiger partial charge in [-0.15, -0.1) is 5.10 Å². The number of likely N-dealkylation sites (tertiary alicyclic amines) is 1. The molecule has 0 atom stereocenters. The quantitative estimate of drug-likeness (QED) is 0.806. The Bertz CT molecular complexity index is 774. The fourth-order valence-electron chi connectivity index (χ4n) is 3.21. The third-order valence-corrected chi connectivity index (χ3v) is 5.40. The van der Waals surface area contributed by atoms with E-state index >= 15 is 0 Å². The van der Waals surface area contributed by atoms with Gasteiger partial charge >= 0.3 is 5.97 Å². The molecule has 7 nitrogen and oxygen atoms in total. The minimum Gasteiger partial charge on any atom is -0.480 e. The molecule has 0 radical (unpaired) electrons. The van der Waals surface area contributed by atoms with Crippen molar-refractivity contribution in [1.29, 1.82) is 0 Å². The van der Waals surface area contributed by atoms with E-state index in [2.05, 4.69) is 15.2 Å². The Kier molecular flexibility index (Phi) is 6.13. The normalized spacial score (nSPS) is 16.3. The average Bonchev–Trinajstić information content (AvgIpc) is 3.06. The third kappa shape index (κ3) is 4.73. The summed E-state index contributed by atoms with van der Waals surface area (Å²) in [6.07, 6.45) is 3.79. The Hall–Kier alpha value is -1.67. The zero-order chi connectivity index (χ0) is 18.7. The van der Waals surface area contributed by atoms with Crippen molar-refractivity contribution in [2.75, 3.05) is 26.7 Å². The Morgan fingerprint density at radius 1 is 1.31 bits per heavy atom. The van der Waals surface area contributed by atoms with E-state index in [0.29, 0.717) is 16.1 Å². The van der Waals surface area contributed by atoms with E-state index in [9.17, 15) is 4.79 Å². The van der Waals surface area contributed by atoms with Gasteiger partial charge in [-0.25, -0.2) is 4.68 Å². The average molecular weight is 398 g/mol. The number of likely N-dealkylation sites (N-methyl/N-ethyl adjacent to an activating group) is 1. The molecule has 0 amide bonds. The maximum absolute atomic E-state index is 10.8. The number of carboxylic acids is 1. The monoisotopic (exact) mass is 397 g/mol. The van der Waals surface area contributed by atoms with Gasteiger partial charge in [0.1, 0.15) is 0 Å².